The summed E-state index contributed by atoms with van der Waals surface area (Å²) in [6.07, 6.45) is 13.5. The lowest BCUT2D eigenvalue weighted by molar-refractivity contribution is -0.124. The lowest BCUT2D eigenvalue weighted by atomic mass is 9.81. The highest BCUT2D eigenvalue weighted by molar-refractivity contribution is 6.24. The Balaban J connectivity index is 1.86. The van der Waals surface area contributed by atoms with Gasteiger partial charge in [-0.05, 0) is 11.6 Å². The molecule has 5 heteroatoms. The van der Waals surface area contributed by atoms with E-state index in [-0.39, 0.29) is 17.9 Å². The van der Waals surface area contributed by atoms with Crippen molar-refractivity contribution in [2.45, 2.75) is 12.1 Å². The van der Waals surface area contributed by atoms with Gasteiger partial charge in [-0.25, -0.2) is 0 Å². The monoisotopic (exact) mass is 289 g/mol. The highest BCUT2D eigenvalue weighted by Gasteiger charge is 2.47. The molecule has 22 heavy (non-hydrogen) atoms. The van der Waals surface area contributed by atoms with Crippen molar-refractivity contribution < 1.29 is 9.59 Å². The van der Waals surface area contributed by atoms with Gasteiger partial charge in [0, 0.05) is 23.1 Å². The number of carbonyl (C=O) groups excluding carboxylic acids is 2. The number of nitrogens with one attached hydrogen (secondary N) is 2. The Morgan fingerprint density at radius 3 is 2.73 bits per heavy atom. The van der Waals surface area contributed by atoms with Gasteiger partial charge in [-0.2, -0.15) is 0 Å². The molecule has 3 heterocycles. The highest BCUT2D eigenvalue weighted by atomic mass is 16.2. The number of hydrogen-bond donors (Lipinski definition) is 2. The molecule has 0 saturated carbocycles. The molecule has 5 nitrogen and oxygen atoms in total. The minimum atomic E-state index is -0.397. The average molecular weight is 289 g/mol. The van der Waals surface area contributed by atoms with E-state index in [4.69, 9.17) is 0 Å². The number of hydrogen-bond acceptors (Lipinski definition) is 4. The molecule has 0 spiro atoms. The van der Waals surface area contributed by atoms with Crippen LogP contribution in [-0.4, -0.2) is 30.1 Å². The molecule has 0 bridgehead atoms. The van der Waals surface area contributed by atoms with Crippen molar-refractivity contribution in [1.29, 1.82) is 0 Å². The van der Waals surface area contributed by atoms with Gasteiger partial charge in [0.05, 0.1) is 17.2 Å². The van der Waals surface area contributed by atoms with Crippen molar-refractivity contribution in [2.24, 2.45) is 4.99 Å². The van der Waals surface area contributed by atoms with Crippen LogP contribution in [-0.2, 0) is 9.59 Å². The summed E-state index contributed by atoms with van der Waals surface area (Å²) in [5.41, 5.74) is 4.69. The third-order valence-corrected chi connectivity index (χ3v) is 4.54. The zero-order valence-electron chi connectivity index (χ0n) is 11.5. The maximum Gasteiger partial charge on any atom is 0.259 e. The number of imide groups is 1. The van der Waals surface area contributed by atoms with E-state index in [1.54, 1.807) is 6.21 Å². The number of nitrogens with zero attached hydrogens (tertiary/aromatic N) is 1. The quantitative estimate of drug-likeness (QED) is 0.642. The first-order chi connectivity index (χ1) is 10.8. The zero-order valence-corrected chi connectivity index (χ0v) is 11.5. The average Bonchev–Trinajstić information content (AvgIpc) is 3.05. The lowest BCUT2D eigenvalue weighted by Crippen LogP contribution is -2.30. The highest BCUT2D eigenvalue weighted by Crippen LogP contribution is 2.45. The summed E-state index contributed by atoms with van der Waals surface area (Å²) in [5.74, 6) is -0.657. The molecule has 0 saturated heterocycles. The van der Waals surface area contributed by atoms with Crippen LogP contribution in [0.2, 0.25) is 0 Å². The van der Waals surface area contributed by atoms with Gasteiger partial charge in [-0.1, -0.05) is 30.4 Å². The molecule has 0 aromatic carbocycles. The van der Waals surface area contributed by atoms with E-state index in [2.05, 4.69) is 15.6 Å². The van der Waals surface area contributed by atoms with Gasteiger partial charge in [0.15, 0.2) is 0 Å². The second-order valence-corrected chi connectivity index (χ2v) is 5.66. The molecule has 2 N–H and O–H groups in total. The summed E-state index contributed by atoms with van der Waals surface area (Å²) < 4.78 is 0. The first-order valence-corrected chi connectivity index (χ1v) is 7.16. The summed E-state index contributed by atoms with van der Waals surface area (Å²) >= 11 is 0. The predicted octanol–water partition coefficient (Wildman–Crippen LogP) is 0.611. The van der Waals surface area contributed by atoms with Gasteiger partial charge >= 0.3 is 0 Å². The van der Waals surface area contributed by atoms with Crippen LogP contribution in [0, 0.1) is 0 Å². The third-order valence-electron chi connectivity index (χ3n) is 4.54. The first kappa shape index (κ1) is 11.7. The van der Waals surface area contributed by atoms with E-state index in [1.807, 2.05) is 36.5 Å². The lowest BCUT2D eigenvalue weighted by Gasteiger charge is -2.26. The molecule has 5 rings (SSSR count). The second-order valence-electron chi connectivity index (χ2n) is 5.66. The predicted molar refractivity (Wildman–Crippen MR) is 80.9 cm³/mol. The maximum absolute atomic E-state index is 12.3. The molecule has 0 aromatic rings. The normalized spacial score (nSPS) is 30.4. The number of dihydropyridines is 1. The Labute approximate surface area is 126 Å². The van der Waals surface area contributed by atoms with Crippen molar-refractivity contribution in [3.8, 4) is 0 Å². The van der Waals surface area contributed by atoms with E-state index >= 15 is 0 Å². The maximum atomic E-state index is 12.3. The molecule has 106 valence electrons. The van der Waals surface area contributed by atoms with Gasteiger partial charge in [0.25, 0.3) is 11.8 Å². The summed E-state index contributed by atoms with van der Waals surface area (Å²) in [4.78, 5) is 29.0. The van der Waals surface area contributed by atoms with E-state index in [1.165, 1.54) is 0 Å². The molecule has 0 aromatic heterocycles. The van der Waals surface area contributed by atoms with Crippen LogP contribution >= 0.6 is 0 Å². The fraction of sp³-hybridized carbons (Fsp3) is 0.118. The minimum Gasteiger partial charge on any atom is -0.374 e. The van der Waals surface area contributed by atoms with Crippen LogP contribution < -0.4 is 10.6 Å². The van der Waals surface area contributed by atoms with Crippen LogP contribution in [0.3, 0.4) is 0 Å². The van der Waals surface area contributed by atoms with Gasteiger partial charge < -0.3 is 5.32 Å². The summed E-state index contributed by atoms with van der Waals surface area (Å²) in [6, 6.07) is -0.357. The summed E-state index contributed by atoms with van der Waals surface area (Å²) in [5, 5.41) is 5.88. The molecular formula is C17H11N3O2. The van der Waals surface area contributed by atoms with Crippen molar-refractivity contribution in [2.75, 3.05) is 0 Å². The molecule has 3 aliphatic heterocycles. The number of rotatable bonds is 0. The van der Waals surface area contributed by atoms with Crippen molar-refractivity contribution in [3.05, 3.63) is 70.0 Å². The largest absolute Gasteiger partial charge is 0.374 e. The minimum absolute atomic E-state index is 0.0396. The molecule has 2 unspecified atom stereocenters. The number of allylic oxidation sites excluding steroid dienone is 4. The van der Waals surface area contributed by atoms with Crippen LogP contribution in [0.5, 0.6) is 0 Å². The number of amides is 2. The van der Waals surface area contributed by atoms with E-state index in [0.29, 0.717) is 11.1 Å². The number of fused-ring (bicyclic) bond motifs is 5. The Bertz CT molecular complexity index is 878. The first-order valence-electron chi connectivity index (χ1n) is 7.16. The second kappa shape index (κ2) is 3.82. The molecular weight excluding hydrogens is 278 g/mol. The summed E-state index contributed by atoms with van der Waals surface area (Å²) in [6.45, 7) is 0. The van der Waals surface area contributed by atoms with Gasteiger partial charge in [0.2, 0.25) is 0 Å². The fourth-order valence-corrected chi connectivity index (χ4v) is 3.66. The Morgan fingerprint density at radius 1 is 0.955 bits per heavy atom. The van der Waals surface area contributed by atoms with Crippen LogP contribution in [0.15, 0.2) is 75.0 Å². The van der Waals surface area contributed by atoms with E-state index < -0.39 is 6.04 Å². The van der Waals surface area contributed by atoms with E-state index in [0.717, 1.165) is 22.4 Å². The van der Waals surface area contributed by atoms with Crippen molar-refractivity contribution in [1.82, 2.24) is 10.6 Å². The molecule has 2 amide bonds. The smallest absolute Gasteiger partial charge is 0.259 e. The standard InChI is InChI=1S/C17H11N3O2/c21-16-12-11-8-4-1-2-6-10(8)19-15(11)9-5-3-7-18-14(9)13(12)17(22)20-16/h1-7,10,14,19H,(H,20,21,22). The number of carbonyl (C=O) groups is 2. The van der Waals surface area contributed by atoms with Crippen molar-refractivity contribution >= 4 is 18.0 Å². The Kier molecular flexibility index (Phi) is 2.03. The summed E-state index contributed by atoms with van der Waals surface area (Å²) in [7, 11) is 0. The van der Waals surface area contributed by atoms with Gasteiger partial charge in [0.1, 0.15) is 6.04 Å². The SMILES string of the molecule is O=C1NC(=O)C2=C1C1=C3C=CC=CC3NC1=C1C=CC=NC12. The zero-order chi connectivity index (χ0) is 14.8. The van der Waals surface area contributed by atoms with Crippen LogP contribution in [0.4, 0.5) is 0 Å². The van der Waals surface area contributed by atoms with Crippen LogP contribution in [0.25, 0.3) is 0 Å². The molecule has 2 aliphatic carbocycles. The Morgan fingerprint density at radius 2 is 1.82 bits per heavy atom. The molecule has 5 aliphatic rings. The topological polar surface area (TPSA) is 70.6 Å². The van der Waals surface area contributed by atoms with E-state index in [9.17, 15) is 9.59 Å². The van der Waals surface area contributed by atoms with Crippen LogP contribution in [0.1, 0.15) is 0 Å². The molecule has 2 atom stereocenters. The third kappa shape index (κ3) is 1.26. The fourth-order valence-electron chi connectivity index (χ4n) is 3.66. The van der Waals surface area contributed by atoms with Crippen molar-refractivity contribution in [3.63, 3.8) is 0 Å². The van der Waals surface area contributed by atoms with Gasteiger partial charge in [-0.3, -0.25) is 19.9 Å². The number of aliphatic imine (C=N–C) groups is 1. The molecule has 0 fully saturated rings. The Hall–Kier alpha value is -2.95. The van der Waals surface area contributed by atoms with Gasteiger partial charge in [-0.15, -0.1) is 0 Å². The molecule has 0 radical (unpaired) electrons.